The Balaban J connectivity index is 2.01. The van der Waals surface area contributed by atoms with E-state index in [9.17, 15) is 0 Å². The summed E-state index contributed by atoms with van der Waals surface area (Å²) in [4.78, 5) is 0. The van der Waals surface area contributed by atoms with E-state index < -0.39 is 0 Å². The molecule has 0 aliphatic carbocycles. The molecule has 1 nitrogen and oxygen atoms in total. The molecule has 1 heteroatoms. The van der Waals surface area contributed by atoms with Crippen LogP contribution in [0.15, 0.2) is 48.5 Å². The summed E-state index contributed by atoms with van der Waals surface area (Å²) in [5, 5.41) is 0. The highest BCUT2D eigenvalue weighted by Crippen LogP contribution is 2.13. The molecule has 2 aromatic carbocycles. The quantitative estimate of drug-likeness (QED) is 0.869. The van der Waals surface area contributed by atoms with Crippen molar-refractivity contribution in [3.05, 3.63) is 70.8 Å². The van der Waals surface area contributed by atoms with Crippen LogP contribution >= 0.6 is 0 Å². The van der Waals surface area contributed by atoms with Gasteiger partial charge in [-0.2, -0.15) is 0 Å². The maximum Gasteiger partial charge on any atom is 0.0120 e. The number of rotatable bonds is 4. The first kappa shape index (κ1) is 12.8. The predicted octanol–water partition coefficient (Wildman–Crippen LogP) is 3.42. The molecule has 94 valence electrons. The molecule has 2 aromatic rings. The largest absolute Gasteiger partial charge is 0.327 e. The van der Waals surface area contributed by atoms with Crippen LogP contribution in [0.3, 0.4) is 0 Å². The minimum absolute atomic E-state index is 0.189. The van der Waals surface area contributed by atoms with Gasteiger partial charge in [0.15, 0.2) is 0 Å². The fraction of sp³-hybridized carbons (Fsp3) is 0.294. The van der Waals surface area contributed by atoms with Gasteiger partial charge in [0.2, 0.25) is 0 Å². The van der Waals surface area contributed by atoms with Gasteiger partial charge in [0.05, 0.1) is 0 Å². The molecular weight excluding hydrogens is 218 g/mol. The first-order chi connectivity index (χ1) is 8.65. The molecule has 0 bridgehead atoms. The maximum atomic E-state index is 6.24. The average Bonchev–Trinajstić information content (AvgIpc) is 2.34. The van der Waals surface area contributed by atoms with Gasteiger partial charge in [-0.05, 0) is 43.4 Å². The SMILES string of the molecule is Cc1ccc(CC(N)Cc2ccccc2)c(C)c1. The van der Waals surface area contributed by atoms with E-state index in [1.807, 2.05) is 6.07 Å². The van der Waals surface area contributed by atoms with Crippen LogP contribution in [-0.4, -0.2) is 6.04 Å². The molecule has 2 rings (SSSR count). The molecule has 1 unspecified atom stereocenters. The summed E-state index contributed by atoms with van der Waals surface area (Å²) in [6, 6.07) is 17.2. The molecule has 18 heavy (non-hydrogen) atoms. The van der Waals surface area contributed by atoms with Gasteiger partial charge in [-0.3, -0.25) is 0 Å². The molecule has 0 aromatic heterocycles. The van der Waals surface area contributed by atoms with Gasteiger partial charge in [0, 0.05) is 6.04 Å². The maximum absolute atomic E-state index is 6.24. The molecule has 0 heterocycles. The number of aryl methyl sites for hydroxylation is 2. The summed E-state index contributed by atoms with van der Waals surface area (Å²) in [6.45, 7) is 4.29. The number of benzene rings is 2. The number of nitrogens with two attached hydrogens (primary N) is 1. The Kier molecular flexibility index (Phi) is 4.16. The number of hydrogen-bond donors (Lipinski definition) is 1. The van der Waals surface area contributed by atoms with Crippen LogP contribution in [0.25, 0.3) is 0 Å². The van der Waals surface area contributed by atoms with Crippen molar-refractivity contribution in [2.24, 2.45) is 5.73 Å². The molecule has 1 atom stereocenters. The van der Waals surface area contributed by atoms with E-state index in [1.54, 1.807) is 0 Å². The van der Waals surface area contributed by atoms with Gasteiger partial charge < -0.3 is 5.73 Å². The average molecular weight is 239 g/mol. The molecule has 0 saturated heterocycles. The Morgan fingerprint density at radius 3 is 2.33 bits per heavy atom. The van der Waals surface area contributed by atoms with E-state index >= 15 is 0 Å². The van der Waals surface area contributed by atoms with Gasteiger partial charge in [0.1, 0.15) is 0 Å². The normalized spacial score (nSPS) is 12.4. The summed E-state index contributed by atoms with van der Waals surface area (Å²) in [6.07, 6.45) is 1.88. The van der Waals surface area contributed by atoms with Crippen LogP contribution in [0.1, 0.15) is 22.3 Å². The fourth-order valence-corrected chi connectivity index (χ4v) is 2.35. The third kappa shape index (κ3) is 3.44. The van der Waals surface area contributed by atoms with E-state index in [0.29, 0.717) is 0 Å². The number of hydrogen-bond acceptors (Lipinski definition) is 1. The first-order valence-electron chi connectivity index (χ1n) is 6.51. The van der Waals surface area contributed by atoms with E-state index in [0.717, 1.165) is 12.8 Å². The third-order valence-electron chi connectivity index (χ3n) is 3.32. The lowest BCUT2D eigenvalue weighted by Gasteiger charge is -2.14. The zero-order chi connectivity index (χ0) is 13.0. The molecular formula is C17H21N. The van der Waals surface area contributed by atoms with Gasteiger partial charge >= 0.3 is 0 Å². The van der Waals surface area contributed by atoms with Gasteiger partial charge in [0.25, 0.3) is 0 Å². The highest BCUT2D eigenvalue weighted by molar-refractivity contribution is 5.31. The summed E-state index contributed by atoms with van der Waals surface area (Å²) in [5.74, 6) is 0. The Bertz CT molecular complexity index is 502. The van der Waals surface area contributed by atoms with E-state index in [4.69, 9.17) is 5.73 Å². The summed E-state index contributed by atoms with van der Waals surface area (Å²) >= 11 is 0. The van der Waals surface area contributed by atoms with Crippen molar-refractivity contribution in [2.45, 2.75) is 32.7 Å². The van der Waals surface area contributed by atoms with Crippen molar-refractivity contribution in [3.8, 4) is 0 Å². The van der Waals surface area contributed by atoms with Crippen molar-refractivity contribution in [1.29, 1.82) is 0 Å². The highest BCUT2D eigenvalue weighted by Gasteiger charge is 2.07. The Morgan fingerprint density at radius 2 is 1.67 bits per heavy atom. The van der Waals surface area contributed by atoms with E-state index in [1.165, 1.54) is 22.3 Å². The van der Waals surface area contributed by atoms with E-state index in [2.05, 4.69) is 56.3 Å². The highest BCUT2D eigenvalue weighted by atomic mass is 14.6. The Labute approximate surface area is 110 Å². The topological polar surface area (TPSA) is 26.0 Å². The lowest BCUT2D eigenvalue weighted by Crippen LogP contribution is -2.25. The first-order valence-corrected chi connectivity index (χ1v) is 6.51. The molecule has 2 N–H and O–H groups in total. The Morgan fingerprint density at radius 1 is 0.944 bits per heavy atom. The summed E-state index contributed by atoms with van der Waals surface area (Å²) in [7, 11) is 0. The van der Waals surface area contributed by atoms with Crippen molar-refractivity contribution in [2.75, 3.05) is 0 Å². The zero-order valence-electron chi connectivity index (χ0n) is 11.2. The van der Waals surface area contributed by atoms with Crippen molar-refractivity contribution < 1.29 is 0 Å². The monoisotopic (exact) mass is 239 g/mol. The second kappa shape index (κ2) is 5.83. The fourth-order valence-electron chi connectivity index (χ4n) is 2.35. The predicted molar refractivity (Wildman–Crippen MR) is 77.7 cm³/mol. The van der Waals surface area contributed by atoms with Gasteiger partial charge in [-0.15, -0.1) is 0 Å². The molecule has 0 amide bonds. The van der Waals surface area contributed by atoms with Crippen LogP contribution < -0.4 is 5.73 Å². The third-order valence-corrected chi connectivity index (χ3v) is 3.32. The molecule has 0 fully saturated rings. The molecule has 0 saturated carbocycles. The van der Waals surface area contributed by atoms with Crippen LogP contribution in [0, 0.1) is 13.8 Å². The second-order valence-electron chi connectivity index (χ2n) is 5.08. The van der Waals surface area contributed by atoms with Crippen molar-refractivity contribution in [3.63, 3.8) is 0 Å². The molecule has 0 aliphatic heterocycles. The lowest BCUT2D eigenvalue weighted by molar-refractivity contribution is 0.662. The van der Waals surface area contributed by atoms with Crippen LogP contribution in [-0.2, 0) is 12.8 Å². The van der Waals surface area contributed by atoms with E-state index in [-0.39, 0.29) is 6.04 Å². The van der Waals surface area contributed by atoms with Crippen molar-refractivity contribution >= 4 is 0 Å². The van der Waals surface area contributed by atoms with Crippen molar-refractivity contribution in [1.82, 2.24) is 0 Å². The smallest absolute Gasteiger partial charge is 0.0120 e. The molecule has 0 radical (unpaired) electrons. The zero-order valence-corrected chi connectivity index (χ0v) is 11.2. The van der Waals surface area contributed by atoms with Crippen LogP contribution in [0.4, 0.5) is 0 Å². The minimum atomic E-state index is 0.189. The minimum Gasteiger partial charge on any atom is -0.327 e. The summed E-state index contributed by atoms with van der Waals surface area (Å²) < 4.78 is 0. The van der Waals surface area contributed by atoms with Gasteiger partial charge in [-0.25, -0.2) is 0 Å². The van der Waals surface area contributed by atoms with Crippen LogP contribution in [0.5, 0.6) is 0 Å². The lowest BCUT2D eigenvalue weighted by atomic mass is 9.96. The standard InChI is InChI=1S/C17H21N/c1-13-8-9-16(14(2)10-13)12-17(18)11-15-6-4-3-5-7-15/h3-10,17H,11-12,18H2,1-2H3. The Hall–Kier alpha value is -1.60. The van der Waals surface area contributed by atoms with Gasteiger partial charge in [-0.1, -0.05) is 54.1 Å². The summed E-state index contributed by atoms with van der Waals surface area (Å²) in [5.41, 5.74) is 11.6. The molecule has 0 aliphatic rings. The second-order valence-corrected chi connectivity index (χ2v) is 5.08. The van der Waals surface area contributed by atoms with Crippen LogP contribution in [0.2, 0.25) is 0 Å². The molecule has 0 spiro atoms.